The monoisotopic (exact) mass is 451 g/mol. The van der Waals surface area contributed by atoms with Gasteiger partial charge in [-0.2, -0.15) is 0 Å². The first-order valence-electron chi connectivity index (χ1n) is 10.5. The van der Waals surface area contributed by atoms with Crippen molar-refractivity contribution >= 4 is 28.5 Å². The van der Waals surface area contributed by atoms with Crippen LogP contribution < -0.4 is 10.1 Å². The number of halogens is 2. The Kier molecular flexibility index (Phi) is 7.02. The molecule has 0 aliphatic carbocycles. The number of aromatic nitrogens is 2. The van der Waals surface area contributed by atoms with Gasteiger partial charge in [-0.05, 0) is 61.4 Å². The summed E-state index contributed by atoms with van der Waals surface area (Å²) in [7, 11) is 0. The highest BCUT2D eigenvalue weighted by molar-refractivity contribution is 6.30. The number of imidazole rings is 1. The Labute approximate surface area is 190 Å². The molecule has 32 heavy (non-hydrogen) atoms. The third-order valence-corrected chi connectivity index (χ3v) is 5.37. The van der Waals surface area contributed by atoms with Gasteiger partial charge in [0.25, 0.3) is 5.91 Å². The number of amides is 1. The molecule has 1 amide bonds. The van der Waals surface area contributed by atoms with Crippen LogP contribution in [0.2, 0.25) is 5.02 Å². The molecular weight excluding hydrogens is 429 g/mol. The fourth-order valence-corrected chi connectivity index (χ4v) is 3.63. The van der Waals surface area contributed by atoms with Gasteiger partial charge >= 0.3 is 0 Å². The molecule has 1 aromatic heterocycles. The van der Waals surface area contributed by atoms with Crippen LogP contribution in [0.3, 0.4) is 0 Å². The van der Waals surface area contributed by atoms with E-state index >= 15 is 0 Å². The van der Waals surface area contributed by atoms with Crippen LogP contribution >= 0.6 is 11.6 Å². The van der Waals surface area contributed by atoms with Gasteiger partial charge in [-0.15, -0.1) is 0 Å². The summed E-state index contributed by atoms with van der Waals surface area (Å²) < 4.78 is 21.8. The molecule has 3 aromatic carbocycles. The zero-order chi connectivity index (χ0) is 22.3. The Bertz CT molecular complexity index is 1210. The van der Waals surface area contributed by atoms with Crippen LogP contribution in [0.4, 0.5) is 4.39 Å². The third-order valence-electron chi connectivity index (χ3n) is 5.12. The van der Waals surface area contributed by atoms with Gasteiger partial charge in [-0.25, -0.2) is 9.37 Å². The SMILES string of the molecule is O=C(NCc1nc2ccccc2n1CCCCOc1ccc(Cl)cc1)c1ccccc1F. The Morgan fingerprint density at radius 1 is 1.00 bits per heavy atom. The number of nitrogens with zero attached hydrogens (tertiary/aromatic N) is 2. The summed E-state index contributed by atoms with van der Waals surface area (Å²) in [5.74, 6) is 0.519. The lowest BCUT2D eigenvalue weighted by Gasteiger charge is -2.11. The maximum atomic E-state index is 13.9. The van der Waals surface area contributed by atoms with E-state index in [0.29, 0.717) is 11.6 Å². The topological polar surface area (TPSA) is 56.2 Å². The smallest absolute Gasteiger partial charge is 0.254 e. The van der Waals surface area contributed by atoms with E-state index in [2.05, 4.69) is 14.9 Å². The number of hydrogen-bond donors (Lipinski definition) is 1. The van der Waals surface area contributed by atoms with Crippen LogP contribution in [-0.4, -0.2) is 22.1 Å². The zero-order valence-electron chi connectivity index (χ0n) is 17.4. The van der Waals surface area contributed by atoms with E-state index in [9.17, 15) is 9.18 Å². The van der Waals surface area contributed by atoms with Crippen LogP contribution in [-0.2, 0) is 13.1 Å². The van der Waals surface area contributed by atoms with E-state index in [0.717, 1.165) is 42.0 Å². The molecule has 0 saturated heterocycles. The van der Waals surface area contributed by atoms with Gasteiger partial charge in [0.1, 0.15) is 17.4 Å². The molecule has 0 aliphatic heterocycles. The van der Waals surface area contributed by atoms with Gasteiger partial charge in [0.05, 0.1) is 29.7 Å². The molecule has 0 spiro atoms. The summed E-state index contributed by atoms with van der Waals surface area (Å²) in [5.41, 5.74) is 1.89. The highest BCUT2D eigenvalue weighted by Gasteiger charge is 2.14. The van der Waals surface area contributed by atoms with Crippen LogP contribution in [0.15, 0.2) is 72.8 Å². The quantitative estimate of drug-likeness (QED) is 0.336. The predicted octanol–water partition coefficient (Wildman–Crippen LogP) is 5.62. The molecule has 0 bridgehead atoms. The molecule has 0 saturated carbocycles. The number of para-hydroxylation sites is 2. The first kappa shape index (κ1) is 21.8. The number of aryl methyl sites for hydroxylation is 1. The molecule has 5 nitrogen and oxygen atoms in total. The summed E-state index contributed by atoms with van der Waals surface area (Å²) in [6.45, 7) is 1.53. The highest BCUT2D eigenvalue weighted by atomic mass is 35.5. The molecule has 164 valence electrons. The maximum absolute atomic E-state index is 13.9. The minimum Gasteiger partial charge on any atom is -0.494 e. The van der Waals surface area contributed by atoms with Gasteiger partial charge in [-0.3, -0.25) is 4.79 Å². The van der Waals surface area contributed by atoms with Gasteiger partial charge < -0.3 is 14.6 Å². The van der Waals surface area contributed by atoms with E-state index in [-0.39, 0.29) is 12.1 Å². The summed E-state index contributed by atoms with van der Waals surface area (Å²) in [6.07, 6.45) is 1.73. The normalized spacial score (nSPS) is 10.9. The largest absolute Gasteiger partial charge is 0.494 e. The molecule has 4 rings (SSSR count). The Balaban J connectivity index is 1.38. The number of ether oxygens (including phenoxy) is 1. The van der Waals surface area contributed by atoms with E-state index < -0.39 is 11.7 Å². The zero-order valence-corrected chi connectivity index (χ0v) is 18.2. The number of fused-ring (bicyclic) bond motifs is 1. The third kappa shape index (κ3) is 5.26. The molecule has 0 atom stereocenters. The predicted molar refractivity (Wildman–Crippen MR) is 123 cm³/mol. The summed E-state index contributed by atoms with van der Waals surface area (Å²) in [4.78, 5) is 17.1. The fraction of sp³-hybridized carbons (Fsp3) is 0.200. The van der Waals surface area contributed by atoms with Crippen molar-refractivity contribution in [3.63, 3.8) is 0 Å². The Morgan fingerprint density at radius 3 is 2.56 bits per heavy atom. The lowest BCUT2D eigenvalue weighted by atomic mass is 10.2. The second-order valence-corrected chi connectivity index (χ2v) is 7.78. The molecule has 1 N–H and O–H groups in total. The van der Waals surface area contributed by atoms with Crippen molar-refractivity contribution < 1.29 is 13.9 Å². The van der Waals surface area contributed by atoms with Crippen molar-refractivity contribution in [2.45, 2.75) is 25.9 Å². The van der Waals surface area contributed by atoms with Gasteiger partial charge in [0.15, 0.2) is 0 Å². The van der Waals surface area contributed by atoms with Crippen molar-refractivity contribution in [1.29, 1.82) is 0 Å². The van der Waals surface area contributed by atoms with Crippen molar-refractivity contribution in [2.24, 2.45) is 0 Å². The number of benzene rings is 3. The molecule has 0 unspecified atom stereocenters. The van der Waals surface area contributed by atoms with Crippen LogP contribution in [0.1, 0.15) is 29.0 Å². The van der Waals surface area contributed by atoms with Gasteiger partial charge in [-0.1, -0.05) is 35.9 Å². The van der Waals surface area contributed by atoms with Crippen LogP contribution in [0, 0.1) is 5.82 Å². The standard InChI is InChI=1S/C25H23ClFN3O2/c26-18-11-13-19(14-12-18)32-16-6-5-15-30-23-10-4-3-9-22(23)29-24(30)17-28-25(31)20-7-1-2-8-21(20)27/h1-4,7-14H,5-6,15-17H2,(H,28,31). The first-order valence-corrected chi connectivity index (χ1v) is 10.8. The van der Waals surface area contributed by atoms with Crippen molar-refractivity contribution in [3.8, 4) is 5.75 Å². The van der Waals surface area contributed by atoms with Gasteiger partial charge in [0, 0.05) is 11.6 Å². The number of unbranched alkanes of at least 4 members (excludes halogenated alkanes) is 1. The average molecular weight is 452 g/mol. The fourth-order valence-electron chi connectivity index (χ4n) is 3.50. The molecular formula is C25H23ClFN3O2. The average Bonchev–Trinajstić information content (AvgIpc) is 3.16. The molecule has 0 fully saturated rings. The van der Waals surface area contributed by atoms with E-state index in [1.807, 2.05) is 36.4 Å². The van der Waals surface area contributed by atoms with E-state index in [1.165, 1.54) is 12.1 Å². The Morgan fingerprint density at radius 2 is 1.75 bits per heavy atom. The van der Waals surface area contributed by atoms with E-state index in [4.69, 9.17) is 16.3 Å². The second-order valence-electron chi connectivity index (χ2n) is 7.34. The maximum Gasteiger partial charge on any atom is 0.254 e. The molecule has 1 heterocycles. The van der Waals surface area contributed by atoms with Crippen molar-refractivity contribution in [3.05, 3.63) is 95.0 Å². The van der Waals surface area contributed by atoms with Crippen LogP contribution in [0.5, 0.6) is 5.75 Å². The summed E-state index contributed by atoms with van der Waals surface area (Å²) >= 11 is 5.89. The van der Waals surface area contributed by atoms with Crippen molar-refractivity contribution in [2.75, 3.05) is 6.61 Å². The summed E-state index contributed by atoms with van der Waals surface area (Å²) in [6, 6.07) is 21.1. The molecule has 4 aromatic rings. The molecule has 7 heteroatoms. The number of carbonyl (C=O) groups is 1. The number of nitrogens with one attached hydrogen (secondary N) is 1. The molecule has 0 aliphatic rings. The molecule has 0 radical (unpaired) electrons. The number of rotatable bonds is 9. The highest BCUT2D eigenvalue weighted by Crippen LogP contribution is 2.18. The minimum atomic E-state index is -0.542. The lowest BCUT2D eigenvalue weighted by Crippen LogP contribution is -2.25. The number of hydrogen-bond acceptors (Lipinski definition) is 3. The minimum absolute atomic E-state index is 0.0227. The van der Waals surface area contributed by atoms with Crippen LogP contribution in [0.25, 0.3) is 11.0 Å². The summed E-state index contributed by atoms with van der Waals surface area (Å²) in [5, 5.41) is 3.47. The first-order chi connectivity index (χ1) is 15.6. The van der Waals surface area contributed by atoms with E-state index in [1.54, 1.807) is 24.3 Å². The van der Waals surface area contributed by atoms with Gasteiger partial charge in [0.2, 0.25) is 0 Å². The number of carbonyl (C=O) groups excluding carboxylic acids is 1. The second kappa shape index (κ2) is 10.3. The lowest BCUT2D eigenvalue weighted by molar-refractivity contribution is 0.0945. The van der Waals surface area contributed by atoms with Crippen molar-refractivity contribution in [1.82, 2.24) is 14.9 Å². The Hall–Kier alpha value is -3.38.